The molecule has 0 spiro atoms. The molecule has 5 unspecified atom stereocenters. The van der Waals surface area contributed by atoms with Gasteiger partial charge in [0, 0.05) is 6.42 Å². The van der Waals surface area contributed by atoms with Gasteiger partial charge in [0.1, 0.15) is 24.4 Å². The molecule has 7 heteroatoms. The quantitative estimate of drug-likeness (QED) is 0.165. The molecule has 1 rings (SSSR count). The number of unbranched alkanes of at least 4 members (excludes halogenated alkanes) is 8. The molecule has 1 aliphatic rings. The molecule has 0 amide bonds. The number of rotatable bonds is 16. The van der Waals surface area contributed by atoms with E-state index in [1.54, 1.807) is 0 Å². The Kier molecular flexibility index (Phi) is 15.5. The predicted octanol–water partition coefficient (Wildman–Crippen LogP) is 3.14. The second-order valence-electron chi connectivity index (χ2n) is 8.17. The number of hydrogen-bond donors (Lipinski definition) is 4. The maximum Gasteiger partial charge on any atom is 0.308 e. The molecule has 1 heterocycles. The van der Waals surface area contributed by atoms with Crippen molar-refractivity contribution in [2.75, 3.05) is 6.61 Å². The second-order valence-corrected chi connectivity index (χ2v) is 8.17. The first kappa shape index (κ1) is 27.8. The Morgan fingerprint density at radius 1 is 0.839 bits per heavy atom. The summed E-state index contributed by atoms with van der Waals surface area (Å²) < 4.78 is 10.2. The largest absolute Gasteiger partial charge is 0.433 e. The van der Waals surface area contributed by atoms with Gasteiger partial charge in [-0.25, -0.2) is 0 Å². The lowest BCUT2D eigenvalue weighted by Crippen LogP contribution is -2.59. The van der Waals surface area contributed by atoms with Gasteiger partial charge in [0.25, 0.3) is 0 Å². The van der Waals surface area contributed by atoms with Crippen LogP contribution in [0.25, 0.3) is 0 Å². The lowest BCUT2D eigenvalue weighted by molar-refractivity contribution is -0.292. The van der Waals surface area contributed by atoms with Gasteiger partial charge in [-0.15, -0.1) is 0 Å². The molecule has 4 N–H and O–H groups in total. The second kappa shape index (κ2) is 17.3. The third-order valence-corrected chi connectivity index (χ3v) is 5.43. The van der Waals surface area contributed by atoms with E-state index in [0.717, 1.165) is 38.5 Å². The molecule has 1 saturated heterocycles. The van der Waals surface area contributed by atoms with Crippen LogP contribution in [-0.2, 0) is 14.3 Å². The van der Waals surface area contributed by atoms with E-state index in [-0.39, 0.29) is 6.42 Å². The summed E-state index contributed by atoms with van der Waals surface area (Å²) in [5, 5.41) is 38.4. The van der Waals surface area contributed by atoms with Gasteiger partial charge < -0.3 is 29.9 Å². The van der Waals surface area contributed by atoms with Gasteiger partial charge in [-0.1, -0.05) is 63.3 Å². The van der Waals surface area contributed by atoms with Crippen molar-refractivity contribution in [2.45, 2.75) is 115 Å². The first-order valence-corrected chi connectivity index (χ1v) is 11.8. The third-order valence-electron chi connectivity index (χ3n) is 5.43. The number of ether oxygens (including phenoxy) is 2. The Hall–Kier alpha value is -1.25. The van der Waals surface area contributed by atoms with Crippen molar-refractivity contribution < 1.29 is 34.7 Å². The lowest BCUT2D eigenvalue weighted by atomic mass is 9.99. The standard InChI is InChI=1S/C24H42O7/c1-2-3-4-5-6-7-8-9-10-11-12-13-14-15-16-17-20(26)31-24-23(29)22(28)21(27)19(18-25)30-24/h6-7,9-10,19,21-25,27-29H,2-5,8,11-18H2,1H3. The van der Waals surface area contributed by atoms with Crippen LogP contribution in [0.5, 0.6) is 0 Å². The monoisotopic (exact) mass is 442 g/mol. The van der Waals surface area contributed by atoms with E-state index in [0.29, 0.717) is 6.42 Å². The van der Waals surface area contributed by atoms with Crippen molar-refractivity contribution in [1.82, 2.24) is 0 Å². The maximum atomic E-state index is 11.9. The van der Waals surface area contributed by atoms with Gasteiger partial charge in [-0.2, -0.15) is 0 Å². The van der Waals surface area contributed by atoms with Crippen LogP contribution in [-0.4, -0.2) is 63.7 Å². The molecule has 7 nitrogen and oxygen atoms in total. The Morgan fingerprint density at radius 3 is 2.10 bits per heavy atom. The highest BCUT2D eigenvalue weighted by atomic mass is 16.7. The van der Waals surface area contributed by atoms with Gasteiger partial charge in [0.05, 0.1) is 6.61 Å². The molecule has 0 bridgehead atoms. The van der Waals surface area contributed by atoms with E-state index < -0.39 is 43.3 Å². The van der Waals surface area contributed by atoms with Crippen molar-refractivity contribution in [2.24, 2.45) is 0 Å². The van der Waals surface area contributed by atoms with Gasteiger partial charge in [0.15, 0.2) is 0 Å². The highest BCUT2D eigenvalue weighted by Crippen LogP contribution is 2.22. The van der Waals surface area contributed by atoms with Crippen molar-refractivity contribution in [3.05, 3.63) is 24.3 Å². The molecule has 1 aliphatic heterocycles. The number of aliphatic hydroxyl groups is 4. The van der Waals surface area contributed by atoms with Crippen LogP contribution < -0.4 is 0 Å². The summed E-state index contributed by atoms with van der Waals surface area (Å²) in [6.45, 7) is 1.67. The van der Waals surface area contributed by atoms with Gasteiger partial charge in [-0.3, -0.25) is 4.79 Å². The molecule has 0 saturated carbocycles. The van der Waals surface area contributed by atoms with E-state index in [1.807, 2.05) is 0 Å². The minimum atomic E-state index is -1.55. The SMILES string of the molecule is CCCCCC=CCC=CCCCCCCCC(=O)OC1OC(CO)C(O)C(O)C1O. The van der Waals surface area contributed by atoms with Crippen LogP contribution >= 0.6 is 0 Å². The Bertz CT molecular complexity index is 518. The number of carbonyl (C=O) groups is 1. The maximum absolute atomic E-state index is 11.9. The minimum Gasteiger partial charge on any atom is -0.433 e. The molecule has 31 heavy (non-hydrogen) atoms. The zero-order valence-electron chi connectivity index (χ0n) is 18.9. The molecular weight excluding hydrogens is 400 g/mol. The molecule has 0 aromatic rings. The molecule has 180 valence electrons. The number of carbonyl (C=O) groups excluding carboxylic acids is 1. The fourth-order valence-corrected chi connectivity index (χ4v) is 3.43. The van der Waals surface area contributed by atoms with Crippen molar-refractivity contribution in [3.63, 3.8) is 0 Å². The molecular formula is C24H42O7. The van der Waals surface area contributed by atoms with Crippen LogP contribution in [0.4, 0.5) is 0 Å². The predicted molar refractivity (Wildman–Crippen MR) is 119 cm³/mol. The van der Waals surface area contributed by atoms with Crippen LogP contribution in [0.1, 0.15) is 84.0 Å². The summed E-state index contributed by atoms with van der Waals surface area (Å²) in [7, 11) is 0. The molecule has 5 atom stereocenters. The van der Waals surface area contributed by atoms with Crippen molar-refractivity contribution in [3.8, 4) is 0 Å². The summed E-state index contributed by atoms with van der Waals surface area (Å²) in [6.07, 6.45) is 14.1. The molecule has 0 aromatic carbocycles. The Labute approximate surface area is 186 Å². The van der Waals surface area contributed by atoms with E-state index in [9.17, 15) is 20.1 Å². The molecule has 0 radical (unpaired) electrons. The van der Waals surface area contributed by atoms with Crippen molar-refractivity contribution in [1.29, 1.82) is 0 Å². The number of esters is 1. The average Bonchev–Trinajstić information content (AvgIpc) is 2.76. The molecule has 0 aliphatic carbocycles. The number of hydrogen-bond acceptors (Lipinski definition) is 7. The zero-order valence-corrected chi connectivity index (χ0v) is 18.9. The van der Waals surface area contributed by atoms with Gasteiger partial charge in [0.2, 0.25) is 6.29 Å². The normalized spacial score (nSPS) is 26.7. The Morgan fingerprint density at radius 2 is 1.45 bits per heavy atom. The minimum absolute atomic E-state index is 0.194. The third kappa shape index (κ3) is 11.8. The van der Waals surface area contributed by atoms with E-state index in [4.69, 9.17) is 14.6 Å². The summed E-state index contributed by atoms with van der Waals surface area (Å²) >= 11 is 0. The van der Waals surface area contributed by atoms with Crippen LogP contribution in [0.2, 0.25) is 0 Å². The smallest absolute Gasteiger partial charge is 0.308 e. The lowest BCUT2D eigenvalue weighted by Gasteiger charge is -2.39. The molecule has 0 aromatic heterocycles. The van der Waals surface area contributed by atoms with Gasteiger partial charge >= 0.3 is 5.97 Å². The van der Waals surface area contributed by atoms with E-state index in [1.165, 1.54) is 25.7 Å². The highest BCUT2D eigenvalue weighted by molar-refractivity contribution is 5.69. The summed E-state index contributed by atoms with van der Waals surface area (Å²) in [5.41, 5.74) is 0. The average molecular weight is 443 g/mol. The zero-order chi connectivity index (χ0) is 22.9. The van der Waals surface area contributed by atoms with Gasteiger partial charge in [-0.05, 0) is 38.5 Å². The number of allylic oxidation sites excluding steroid dienone is 4. The highest BCUT2D eigenvalue weighted by Gasteiger charge is 2.45. The first-order chi connectivity index (χ1) is 15.0. The fraction of sp³-hybridized carbons (Fsp3) is 0.792. The van der Waals surface area contributed by atoms with Crippen molar-refractivity contribution >= 4 is 5.97 Å². The Balaban J connectivity index is 2.03. The van der Waals surface area contributed by atoms with Crippen LogP contribution in [0, 0.1) is 0 Å². The molecule has 1 fully saturated rings. The summed E-state index contributed by atoms with van der Waals surface area (Å²) in [5.74, 6) is -0.532. The van der Waals surface area contributed by atoms with Crippen LogP contribution in [0.3, 0.4) is 0 Å². The number of aliphatic hydroxyl groups excluding tert-OH is 4. The summed E-state index contributed by atoms with van der Waals surface area (Å²) in [6, 6.07) is 0. The first-order valence-electron chi connectivity index (χ1n) is 11.8. The topological polar surface area (TPSA) is 116 Å². The van der Waals surface area contributed by atoms with Crippen LogP contribution in [0.15, 0.2) is 24.3 Å². The van der Waals surface area contributed by atoms with E-state index >= 15 is 0 Å². The summed E-state index contributed by atoms with van der Waals surface area (Å²) in [4.78, 5) is 11.9. The fourth-order valence-electron chi connectivity index (χ4n) is 3.43. The van der Waals surface area contributed by atoms with E-state index in [2.05, 4.69) is 31.2 Å².